The normalized spacial score (nSPS) is 11.5. The fraction of sp³-hybridized carbons (Fsp3) is 0.375. The quantitative estimate of drug-likeness (QED) is 0.390. The van der Waals surface area contributed by atoms with Gasteiger partial charge in [0.2, 0.25) is 0 Å². The van der Waals surface area contributed by atoms with Gasteiger partial charge in [0.05, 0.1) is 0 Å². The molecule has 0 saturated heterocycles. The number of hydrazine groups is 1. The predicted molar refractivity (Wildman–Crippen MR) is 89.3 cm³/mol. The smallest absolute Gasteiger partial charge is 0.144 e. The third-order valence-corrected chi connectivity index (χ3v) is 4.12. The van der Waals surface area contributed by atoms with Gasteiger partial charge >= 0.3 is 0 Å². The third kappa shape index (κ3) is 4.19. The summed E-state index contributed by atoms with van der Waals surface area (Å²) in [6, 6.07) is 10.3. The van der Waals surface area contributed by atoms with Crippen molar-refractivity contribution in [2.24, 2.45) is 5.84 Å². The monoisotopic (exact) mass is 302 g/mol. The Morgan fingerprint density at radius 3 is 2.52 bits per heavy atom. The topological polar surface area (TPSA) is 63.8 Å². The van der Waals surface area contributed by atoms with E-state index >= 15 is 0 Å². The van der Waals surface area contributed by atoms with Crippen LogP contribution in [0.4, 0.5) is 5.82 Å². The van der Waals surface area contributed by atoms with Crippen LogP contribution in [0.2, 0.25) is 0 Å². The zero-order valence-electron chi connectivity index (χ0n) is 13.0. The highest BCUT2D eigenvalue weighted by Gasteiger charge is 2.19. The molecule has 0 saturated carbocycles. The Labute approximate surface area is 130 Å². The largest absolute Gasteiger partial charge is 0.308 e. The van der Waals surface area contributed by atoms with E-state index in [0.717, 1.165) is 16.6 Å². The number of nitrogen functional groups attached to an aromatic ring is 1. The second-order valence-electron chi connectivity index (χ2n) is 6.02. The van der Waals surface area contributed by atoms with Crippen LogP contribution in [0.3, 0.4) is 0 Å². The number of benzene rings is 1. The molecule has 0 amide bonds. The highest BCUT2D eigenvalue weighted by Crippen LogP contribution is 2.27. The fourth-order valence-electron chi connectivity index (χ4n) is 1.83. The summed E-state index contributed by atoms with van der Waals surface area (Å²) >= 11 is 1.70. The highest BCUT2D eigenvalue weighted by molar-refractivity contribution is 7.98. The van der Waals surface area contributed by atoms with Crippen LogP contribution >= 0.6 is 11.8 Å². The molecule has 0 aliphatic heterocycles. The number of hydrogen-bond donors (Lipinski definition) is 2. The predicted octanol–water partition coefficient (Wildman–Crippen LogP) is 3.66. The summed E-state index contributed by atoms with van der Waals surface area (Å²) in [5.41, 5.74) is 5.14. The van der Waals surface area contributed by atoms with E-state index in [4.69, 9.17) is 5.84 Å². The second-order valence-corrected chi connectivity index (χ2v) is 7.02. The third-order valence-electron chi connectivity index (χ3n) is 3.16. The first-order chi connectivity index (χ1) is 9.90. The van der Waals surface area contributed by atoms with E-state index in [-0.39, 0.29) is 5.41 Å². The molecular weight excluding hydrogens is 280 g/mol. The summed E-state index contributed by atoms with van der Waals surface area (Å²) in [7, 11) is 0. The number of hydrogen-bond acceptors (Lipinski definition) is 5. The lowest BCUT2D eigenvalue weighted by Gasteiger charge is -2.18. The molecule has 0 aliphatic rings. The van der Waals surface area contributed by atoms with Crippen molar-refractivity contribution in [3.05, 3.63) is 47.3 Å². The van der Waals surface area contributed by atoms with Gasteiger partial charge in [0.25, 0.3) is 0 Å². The molecule has 0 bridgehead atoms. The summed E-state index contributed by atoms with van der Waals surface area (Å²) in [4.78, 5) is 9.09. The molecule has 2 aromatic rings. The van der Waals surface area contributed by atoms with Gasteiger partial charge in [0, 0.05) is 17.2 Å². The van der Waals surface area contributed by atoms with Crippen LogP contribution in [0.15, 0.2) is 35.4 Å². The van der Waals surface area contributed by atoms with Crippen LogP contribution in [0.25, 0.3) is 0 Å². The molecule has 0 radical (unpaired) electrons. The molecule has 0 atom stereocenters. The van der Waals surface area contributed by atoms with Gasteiger partial charge in [0.1, 0.15) is 16.7 Å². The molecule has 0 aliphatic carbocycles. The Morgan fingerprint density at radius 1 is 1.19 bits per heavy atom. The van der Waals surface area contributed by atoms with Gasteiger partial charge in [0.15, 0.2) is 0 Å². The molecule has 1 aromatic heterocycles. The lowest BCUT2D eigenvalue weighted by atomic mass is 9.96. The van der Waals surface area contributed by atoms with E-state index in [2.05, 4.69) is 67.4 Å². The SMILES string of the molecule is Cc1ccccc1CSc1cc(NN)nc(C(C)(C)C)n1. The number of nitrogens with one attached hydrogen (secondary N) is 1. The van der Waals surface area contributed by atoms with Crippen LogP contribution in [0, 0.1) is 6.92 Å². The van der Waals surface area contributed by atoms with Crippen LogP contribution in [-0.2, 0) is 11.2 Å². The molecule has 112 valence electrons. The minimum atomic E-state index is -0.106. The minimum absolute atomic E-state index is 0.106. The zero-order valence-corrected chi connectivity index (χ0v) is 13.8. The Bertz CT molecular complexity index is 620. The van der Waals surface area contributed by atoms with Gasteiger partial charge < -0.3 is 5.43 Å². The number of rotatable bonds is 4. The van der Waals surface area contributed by atoms with Crippen LogP contribution < -0.4 is 11.3 Å². The van der Waals surface area contributed by atoms with E-state index in [1.54, 1.807) is 11.8 Å². The van der Waals surface area contributed by atoms with Crippen molar-refractivity contribution < 1.29 is 0 Å². The Balaban J connectivity index is 2.22. The average Bonchev–Trinajstić information content (AvgIpc) is 2.45. The second kappa shape index (κ2) is 6.45. The molecule has 0 unspecified atom stereocenters. The Morgan fingerprint density at radius 2 is 1.90 bits per heavy atom. The van der Waals surface area contributed by atoms with Crippen molar-refractivity contribution in [3.8, 4) is 0 Å². The van der Waals surface area contributed by atoms with Gasteiger partial charge in [-0.15, -0.1) is 11.8 Å². The number of aryl methyl sites for hydroxylation is 1. The number of nitrogens with two attached hydrogens (primary N) is 1. The lowest BCUT2D eigenvalue weighted by Crippen LogP contribution is -2.19. The van der Waals surface area contributed by atoms with Crippen molar-refractivity contribution in [2.45, 2.75) is 43.9 Å². The lowest BCUT2D eigenvalue weighted by molar-refractivity contribution is 0.539. The molecule has 1 heterocycles. The van der Waals surface area contributed by atoms with Crippen molar-refractivity contribution in [1.82, 2.24) is 9.97 Å². The summed E-state index contributed by atoms with van der Waals surface area (Å²) in [6.45, 7) is 8.42. The Kier molecular flexibility index (Phi) is 4.85. The van der Waals surface area contributed by atoms with Gasteiger partial charge in [-0.1, -0.05) is 45.0 Å². The van der Waals surface area contributed by atoms with Gasteiger partial charge in [-0.25, -0.2) is 15.8 Å². The molecule has 2 rings (SSSR count). The summed E-state index contributed by atoms with van der Waals surface area (Å²) < 4.78 is 0. The van der Waals surface area contributed by atoms with Gasteiger partial charge in [-0.3, -0.25) is 0 Å². The van der Waals surface area contributed by atoms with Gasteiger partial charge in [-0.2, -0.15) is 0 Å². The minimum Gasteiger partial charge on any atom is -0.308 e. The molecule has 0 spiro atoms. The van der Waals surface area contributed by atoms with E-state index in [1.165, 1.54) is 11.1 Å². The maximum atomic E-state index is 5.51. The fourth-order valence-corrected chi connectivity index (χ4v) is 2.81. The first kappa shape index (κ1) is 15.8. The number of aromatic nitrogens is 2. The van der Waals surface area contributed by atoms with Crippen molar-refractivity contribution >= 4 is 17.6 Å². The molecule has 5 heteroatoms. The first-order valence-corrected chi connectivity index (χ1v) is 7.92. The first-order valence-electron chi connectivity index (χ1n) is 6.93. The summed E-state index contributed by atoms with van der Waals surface area (Å²) in [6.07, 6.45) is 0. The number of nitrogens with zero attached hydrogens (tertiary/aromatic N) is 2. The standard InChI is InChI=1S/C16H22N4S/c1-11-7-5-6-8-12(11)10-21-14-9-13(20-17)18-15(19-14)16(2,3)4/h5-9H,10,17H2,1-4H3,(H,18,19,20). The zero-order chi connectivity index (χ0) is 15.5. The van der Waals surface area contributed by atoms with E-state index < -0.39 is 0 Å². The summed E-state index contributed by atoms with van der Waals surface area (Å²) in [5.74, 6) is 7.85. The molecule has 1 aromatic carbocycles. The maximum absolute atomic E-state index is 5.51. The van der Waals surface area contributed by atoms with Crippen LogP contribution in [0.1, 0.15) is 37.7 Å². The number of anilines is 1. The molecule has 4 nitrogen and oxygen atoms in total. The van der Waals surface area contributed by atoms with E-state index in [0.29, 0.717) is 5.82 Å². The van der Waals surface area contributed by atoms with Crippen molar-refractivity contribution in [2.75, 3.05) is 5.43 Å². The van der Waals surface area contributed by atoms with E-state index in [1.807, 2.05) is 6.07 Å². The Hall–Kier alpha value is -1.59. The van der Waals surface area contributed by atoms with Gasteiger partial charge in [-0.05, 0) is 18.1 Å². The van der Waals surface area contributed by atoms with E-state index in [9.17, 15) is 0 Å². The van der Waals surface area contributed by atoms with Crippen molar-refractivity contribution in [3.63, 3.8) is 0 Å². The molecule has 3 N–H and O–H groups in total. The number of thioether (sulfide) groups is 1. The molecule has 21 heavy (non-hydrogen) atoms. The highest BCUT2D eigenvalue weighted by atomic mass is 32.2. The average molecular weight is 302 g/mol. The van der Waals surface area contributed by atoms with Crippen LogP contribution in [-0.4, -0.2) is 9.97 Å². The van der Waals surface area contributed by atoms with Crippen molar-refractivity contribution in [1.29, 1.82) is 0 Å². The summed E-state index contributed by atoms with van der Waals surface area (Å²) in [5, 5.41) is 0.936. The maximum Gasteiger partial charge on any atom is 0.144 e. The molecule has 0 fully saturated rings. The molecular formula is C16H22N4S. The van der Waals surface area contributed by atoms with Crippen LogP contribution in [0.5, 0.6) is 0 Å².